The van der Waals surface area contributed by atoms with E-state index in [1.54, 1.807) is 0 Å². The number of carbonyl (C=O) groups is 1. The summed E-state index contributed by atoms with van der Waals surface area (Å²) in [6, 6.07) is 0. The third kappa shape index (κ3) is 22.7. The zero-order chi connectivity index (χ0) is 22.1. The van der Waals surface area contributed by atoms with E-state index in [0.29, 0.717) is 6.61 Å². The highest BCUT2D eigenvalue weighted by Crippen LogP contribution is 2.18. The summed E-state index contributed by atoms with van der Waals surface area (Å²) in [5.41, 5.74) is 0. The molecule has 0 aromatic heterocycles. The van der Waals surface area contributed by atoms with E-state index in [1.165, 1.54) is 125 Å². The Kier molecular flexibility index (Phi) is 25.2. The Labute approximate surface area is 198 Å². The van der Waals surface area contributed by atoms with Gasteiger partial charge in [-0.05, 0) is 37.6 Å². The number of unbranched alkanes of at least 4 members (excludes halogenated alkanes) is 18. The van der Waals surface area contributed by atoms with Gasteiger partial charge in [0.05, 0.1) is 6.61 Å². The van der Waals surface area contributed by atoms with Crippen LogP contribution < -0.4 is 0 Å². The number of hydrogen-bond donors (Lipinski definition) is 1. The Balaban J connectivity index is 3.30. The van der Waals surface area contributed by atoms with E-state index in [4.69, 9.17) is 4.74 Å². The second kappa shape index (κ2) is 25.2. The monoisotopic (exact) mass is 461 g/mol. The molecule has 5 heteroatoms. The van der Waals surface area contributed by atoms with Crippen molar-refractivity contribution in [3.8, 4) is 0 Å². The zero-order valence-electron chi connectivity index (χ0n) is 20.2. The van der Waals surface area contributed by atoms with Crippen molar-refractivity contribution < 1.29 is 9.53 Å². The molecule has 180 valence electrons. The van der Waals surface area contributed by atoms with Crippen LogP contribution in [-0.4, -0.2) is 22.2 Å². The van der Waals surface area contributed by atoms with Crippen molar-refractivity contribution in [2.75, 3.05) is 12.4 Å². The lowest BCUT2D eigenvalue weighted by molar-refractivity contribution is 0.140. The molecular formula is C25H51NO2S2. The third-order valence-corrected chi connectivity index (χ3v) is 6.97. The topological polar surface area (TPSA) is 29.5 Å². The molecule has 0 saturated heterocycles. The van der Waals surface area contributed by atoms with Crippen LogP contribution in [0.4, 0.5) is 4.79 Å². The van der Waals surface area contributed by atoms with Crippen molar-refractivity contribution in [1.82, 2.24) is 3.71 Å². The van der Waals surface area contributed by atoms with Crippen LogP contribution in [0.2, 0.25) is 0 Å². The van der Waals surface area contributed by atoms with E-state index in [-0.39, 0.29) is 6.09 Å². The number of amides is 1. The summed E-state index contributed by atoms with van der Waals surface area (Å²) in [6.45, 7) is 5.05. The van der Waals surface area contributed by atoms with Crippen molar-refractivity contribution in [3.05, 3.63) is 0 Å². The van der Waals surface area contributed by atoms with Gasteiger partial charge in [0.25, 0.3) is 0 Å². The van der Waals surface area contributed by atoms with E-state index < -0.39 is 0 Å². The van der Waals surface area contributed by atoms with Gasteiger partial charge < -0.3 is 4.74 Å². The SMILES string of the molecule is CCCCCCCCCCCCOC(=O)N(S)SCCCCCCCCCCCC. The first kappa shape index (κ1) is 30.0. The molecule has 0 fully saturated rings. The van der Waals surface area contributed by atoms with Gasteiger partial charge in [-0.3, -0.25) is 0 Å². The molecule has 0 aromatic carbocycles. The van der Waals surface area contributed by atoms with Gasteiger partial charge in [-0.25, -0.2) is 4.79 Å². The minimum Gasteiger partial charge on any atom is -0.448 e. The minimum atomic E-state index is -0.314. The molecule has 0 rings (SSSR count). The van der Waals surface area contributed by atoms with Gasteiger partial charge in [0.15, 0.2) is 0 Å². The summed E-state index contributed by atoms with van der Waals surface area (Å²) in [5.74, 6) is 0.938. The van der Waals surface area contributed by atoms with Crippen LogP contribution in [0.25, 0.3) is 0 Å². The maximum absolute atomic E-state index is 11.9. The maximum atomic E-state index is 11.9. The third-order valence-electron chi connectivity index (χ3n) is 5.59. The van der Waals surface area contributed by atoms with E-state index >= 15 is 0 Å². The highest BCUT2D eigenvalue weighted by Gasteiger charge is 2.11. The Morgan fingerprint density at radius 3 is 1.43 bits per heavy atom. The fourth-order valence-corrected chi connectivity index (χ4v) is 4.56. The van der Waals surface area contributed by atoms with E-state index in [2.05, 4.69) is 26.7 Å². The van der Waals surface area contributed by atoms with Crippen molar-refractivity contribution in [2.45, 2.75) is 142 Å². The number of ether oxygens (including phenoxy) is 1. The van der Waals surface area contributed by atoms with E-state index in [9.17, 15) is 4.79 Å². The maximum Gasteiger partial charge on any atom is 0.430 e. The normalized spacial score (nSPS) is 11.0. The molecule has 3 nitrogen and oxygen atoms in total. The number of thiol groups is 1. The molecule has 0 heterocycles. The molecule has 0 aliphatic carbocycles. The smallest absolute Gasteiger partial charge is 0.430 e. The number of nitrogens with zero attached hydrogens (tertiary/aromatic N) is 1. The van der Waals surface area contributed by atoms with Gasteiger partial charge in [0.1, 0.15) is 0 Å². The van der Waals surface area contributed by atoms with Crippen LogP contribution in [0.15, 0.2) is 0 Å². The summed E-state index contributed by atoms with van der Waals surface area (Å²) >= 11 is 5.72. The molecule has 0 atom stereocenters. The summed E-state index contributed by atoms with van der Waals surface area (Å²) in [7, 11) is 0. The van der Waals surface area contributed by atoms with Gasteiger partial charge in [0.2, 0.25) is 0 Å². The molecule has 0 aromatic rings. The highest BCUT2D eigenvalue weighted by atomic mass is 32.2. The van der Waals surface area contributed by atoms with Crippen molar-refractivity contribution in [1.29, 1.82) is 0 Å². The largest absolute Gasteiger partial charge is 0.448 e. The molecule has 1 amide bonds. The molecule has 0 bridgehead atoms. The molecule has 0 saturated carbocycles. The van der Waals surface area contributed by atoms with Crippen LogP contribution in [0.3, 0.4) is 0 Å². The summed E-state index contributed by atoms with van der Waals surface area (Å²) in [4.78, 5) is 11.9. The van der Waals surface area contributed by atoms with Gasteiger partial charge in [-0.1, -0.05) is 129 Å². The second-order valence-corrected chi connectivity index (χ2v) is 10.3. The quantitative estimate of drug-likeness (QED) is 0.0932. The van der Waals surface area contributed by atoms with Crippen molar-refractivity contribution in [2.24, 2.45) is 0 Å². The van der Waals surface area contributed by atoms with Crippen LogP contribution in [0, 0.1) is 0 Å². The van der Waals surface area contributed by atoms with Gasteiger partial charge in [0, 0.05) is 5.75 Å². The molecule has 0 radical (unpaired) electrons. The van der Waals surface area contributed by atoms with Gasteiger partial charge in [-0.15, -0.1) is 0 Å². The van der Waals surface area contributed by atoms with E-state index in [0.717, 1.165) is 25.0 Å². The predicted octanol–water partition coefficient (Wildman–Crippen LogP) is 9.76. The predicted molar refractivity (Wildman–Crippen MR) is 138 cm³/mol. The van der Waals surface area contributed by atoms with Crippen molar-refractivity contribution in [3.63, 3.8) is 0 Å². The first-order valence-electron chi connectivity index (χ1n) is 13.0. The molecule has 0 aliphatic heterocycles. The summed E-state index contributed by atoms with van der Waals surface area (Å²) in [5, 5.41) is 0. The average Bonchev–Trinajstić information content (AvgIpc) is 2.75. The first-order valence-corrected chi connectivity index (χ1v) is 14.3. The fourth-order valence-electron chi connectivity index (χ4n) is 3.60. The van der Waals surface area contributed by atoms with Crippen molar-refractivity contribution >= 4 is 30.9 Å². The Morgan fingerprint density at radius 2 is 1.00 bits per heavy atom. The number of carbonyl (C=O) groups excluding carboxylic acids is 1. The minimum absolute atomic E-state index is 0.314. The Hall–Kier alpha value is -0.0300. The first-order chi connectivity index (χ1) is 14.7. The summed E-state index contributed by atoms with van der Waals surface area (Å²) in [6.07, 6.45) is 25.9. The Bertz CT molecular complexity index is 356. The molecule has 0 aliphatic rings. The average molecular weight is 462 g/mol. The fraction of sp³-hybridized carbons (Fsp3) is 0.960. The lowest BCUT2D eigenvalue weighted by atomic mass is 10.1. The molecule has 30 heavy (non-hydrogen) atoms. The van der Waals surface area contributed by atoms with Crippen LogP contribution >= 0.6 is 24.8 Å². The highest BCUT2D eigenvalue weighted by molar-refractivity contribution is 8.06. The molecule has 0 N–H and O–H groups in total. The second-order valence-electron chi connectivity index (χ2n) is 8.58. The van der Waals surface area contributed by atoms with Gasteiger partial charge in [-0.2, -0.15) is 3.71 Å². The van der Waals surface area contributed by atoms with Crippen LogP contribution in [-0.2, 0) is 4.74 Å². The summed E-state index contributed by atoms with van der Waals surface area (Å²) < 4.78 is 6.68. The van der Waals surface area contributed by atoms with Crippen LogP contribution in [0.1, 0.15) is 142 Å². The number of rotatable bonds is 23. The molecule has 0 spiro atoms. The Morgan fingerprint density at radius 1 is 0.633 bits per heavy atom. The van der Waals surface area contributed by atoms with E-state index in [1.807, 2.05) is 0 Å². The zero-order valence-corrected chi connectivity index (χ0v) is 21.9. The van der Waals surface area contributed by atoms with Crippen LogP contribution in [0.5, 0.6) is 0 Å². The lowest BCUT2D eigenvalue weighted by Crippen LogP contribution is -2.17. The molecule has 0 unspecified atom stereocenters. The van der Waals surface area contributed by atoms with Gasteiger partial charge >= 0.3 is 6.09 Å². The standard InChI is InChI=1S/C25H51NO2S2/c1-3-5-7-9-11-13-15-17-19-21-23-28-25(27)26(29)30-24-22-20-18-16-14-12-10-8-6-4-2/h29H,3-24H2,1-2H3. The lowest BCUT2D eigenvalue weighted by Gasteiger charge is -2.14. The molecular weight excluding hydrogens is 410 g/mol. The number of hydrogen-bond acceptors (Lipinski definition) is 4.